The van der Waals surface area contributed by atoms with Crippen LogP contribution in [0.2, 0.25) is 0 Å². The Hall–Kier alpha value is -1.55. The van der Waals surface area contributed by atoms with Crippen LogP contribution >= 0.6 is 0 Å². The van der Waals surface area contributed by atoms with Gasteiger partial charge >= 0.3 is 5.97 Å². The van der Waals surface area contributed by atoms with Crippen molar-refractivity contribution in [2.75, 3.05) is 5.73 Å². The maximum absolute atomic E-state index is 10.7. The van der Waals surface area contributed by atoms with Crippen LogP contribution in [0.1, 0.15) is 18.9 Å². The molecule has 0 saturated heterocycles. The van der Waals surface area contributed by atoms with E-state index in [-0.39, 0.29) is 6.04 Å². The van der Waals surface area contributed by atoms with Gasteiger partial charge in [0.2, 0.25) is 0 Å². The van der Waals surface area contributed by atoms with Gasteiger partial charge in [-0.25, -0.2) is 0 Å². The summed E-state index contributed by atoms with van der Waals surface area (Å²) in [6.45, 7) is 1.67. The van der Waals surface area contributed by atoms with Gasteiger partial charge < -0.3 is 16.6 Å². The molecular formula is C12H18N2O2. The highest BCUT2D eigenvalue weighted by molar-refractivity contribution is 5.69. The molecule has 16 heavy (non-hydrogen) atoms. The van der Waals surface area contributed by atoms with Crippen LogP contribution in [0.4, 0.5) is 5.69 Å². The van der Waals surface area contributed by atoms with E-state index in [4.69, 9.17) is 16.6 Å². The zero-order valence-electron chi connectivity index (χ0n) is 9.39. The van der Waals surface area contributed by atoms with Crippen molar-refractivity contribution in [3.63, 3.8) is 0 Å². The normalized spacial score (nSPS) is 14.4. The standard InChI is InChI=1S/C12H18N2O2/c1-8(12(15)16)6-11(14)7-9-2-4-10(13)5-3-9/h2-5,8,11H,6-7,13-14H2,1H3,(H,15,16). The Kier molecular flexibility index (Phi) is 4.31. The molecule has 0 fully saturated rings. The second-order valence-corrected chi connectivity index (χ2v) is 4.18. The third kappa shape index (κ3) is 3.90. The first kappa shape index (κ1) is 12.5. The van der Waals surface area contributed by atoms with E-state index in [0.29, 0.717) is 12.8 Å². The first-order chi connectivity index (χ1) is 7.49. The van der Waals surface area contributed by atoms with Crippen LogP contribution in [-0.4, -0.2) is 17.1 Å². The van der Waals surface area contributed by atoms with E-state index in [1.807, 2.05) is 24.3 Å². The predicted molar refractivity (Wildman–Crippen MR) is 64.0 cm³/mol. The Bertz CT molecular complexity index is 349. The molecule has 1 aromatic rings. The molecule has 0 heterocycles. The van der Waals surface area contributed by atoms with Crippen molar-refractivity contribution < 1.29 is 9.90 Å². The molecule has 4 heteroatoms. The highest BCUT2D eigenvalue weighted by Gasteiger charge is 2.15. The minimum absolute atomic E-state index is 0.130. The molecule has 1 rings (SSSR count). The number of carboxylic acids is 1. The molecule has 88 valence electrons. The third-order valence-electron chi connectivity index (χ3n) is 2.56. The summed E-state index contributed by atoms with van der Waals surface area (Å²) in [7, 11) is 0. The molecule has 4 nitrogen and oxygen atoms in total. The predicted octanol–water partition coefficient (Wildman–Crippen LogP) is 1.25. The van der Waals surface area contributed by atoms with Gasteiger partial charge in [-0.05, 0) is 30.5 Å². The molecule has 0 saturated carbocycles. The molecule has 0 aliphatic rings. The van der Waals surface area contributed by atoms with Gasteiger partial charge in [0, 0.05) is 11.7 Å². The van der Waals surface area contributed by atoms with Crippen molar-refractivity contribution >= 4 is 11.7 Å². The first-order valence-corrected chi connectivity index (χ1v) is 5.32. The molecule has 0 bridgehead atoms. The average molecular weight is 222 g/mol. The number of carboxylic acid groups (broad SMARTS) is 1. The summed E-state index contributed by atoms with van der Waals surface area (Å²) in [4.78, 5) is 10.7. The second-order valence-electron chi connectivity index (χ2n) is 4.18. The molecule has 5 N–H and O–H groups in total. The number of rotatable bonds is 5. The molecule has 1 aromatic carbocycles. The molecule has 0 aliphatic heterocycles. The quantitative estimate of drug-likeness (QED) is 0.654. The summed E-state index contributed by atoms with van der Waals surface area (Å²) in [5, 5.41) is 8.76. The van der Waals surface area contributed by atoms with Crippen LogP contribution in [0.25, 0.3) is 0 Å². The summed E-state index contributed by atoms with van der Waals surface area (Å²) in [6, 6.07) is 7.35. The van der Waals surface area contributed by atoms with Crippen molar-refractivity contribution in [1.82, 2.24) is 0 Å². The van der Waals surface area contributed by atoms with Gasteiger partial charge in [-0.15, -0.1) is 0 Å². The average Bonchev–Trinajstić information content (AvgIpc) is 2.21. The van der Waals surface area contributed by atoms with E-state index in [1.165, 1.54) is 0 Å². The lowest BCUT2D eigenvalue weighted by molar-refractivity contribution is -0.141. The highest BCUT2D eigenvalue weighted by atomic mass is 16.4. The SMILES string of the molecule is CC(CC(N)Cc1ccc(N)cc1)C(=O)O. The smallest absolute Gasteiger partial charge is 0.306 e. The fourth-order valence-corrected chi connectivity index (χ4v) is 1.59. The van der Waals surface area contributed by atoms with Crippen molar-refractivity contribution in [2.45, 2.75) is 25.8 Å². The molecule has 2 atom stereocenters. The fraction of sp³-hybridized carbons (Fsp3) is 0.417. The maximum atomic E-state index is 10.7. The zero-order chi connectivity index (χ0) is 12.1. The number of anilines is 1. The van der Waals surface area contributed by atoms with Crippen molar-refractivity contribution in [2.24, 2.45) is 11.7 Å². The minimum atomic E-state index is -0.798. The van der Waals surface area contributed by atoms with E-state index in [2.05, 4.69) is 0 Å². The molecule has 0 aromatic heterocycles. The van der Waals surface area contributed by atoms with E-state index in [0.717, 1.165) is 11.3 Å². The molecule has 0 amide bonds. The number of aliphatic carboxylic acids is 1. The summed E-state index contributed by atoms with van der Waals surface area (Å²) >= 11 is 0. The van der Waals surface area contributed by atoms with Crippen LogP contribution in [0, 0.1) is 5.92 Å². The van der Waals surface area contributed by atoms with Gasteiger partial charge in [0.25, 0.3) is 0 Å². The number of carbonyl (C=O) groups is 1. The Morgan fingerprint density at radius 1 is 1.38 bits per heavy atom. The minimum Gasteiger partial charge on any atom is -0.481 e. The summed E-state index contributed by atoms with van der Waals surface area (Å²) in [5.41, 5.74) is 13.3. The lowest BCUT2D eigenvalue weighted by Gasteiger charge is -2.14. The van der Waals surface area contributed by atoms with Gasteiger partial charge in [0.15, 0.2) is 0 Å². The second kappa shape index (κ2) is 5.51. The number of hydrogen-bond donors (Lipinski definition) is 3. The third-order valence-corrected chi connectivity index (χ3v) is 2.56. The van der Waals surface area contributed by atoms with E-state index < -0.39 is 11.9 Å². The molecule has 0 spiro atoms. The Balaban J connectivity index is 2.48. The summed E-state index contributed by atoms with van der Waals surface area (Å²) < 4.78 is 0. The van der Waals surface area contributed by atoms with Gasteiger partial charge in [-0.3, -0.25) is 4.79 Å². The van der Waals surface area contributed by atoms with Crippen molar-refractivity contribution in [3.05, 3.63) is 29.8 Å². The van der Waals surface area contributed by atoms with Gasteiger partial charge in [0.05, 0.1) is 5.92 Å². The summed E-state index contributed by atoms with van der Waals surface area (Å²) in [6.07, 6.45) is 1.16. The Labute approximate surface area is 95.3 Å². The van der Waals surface area contributed by atoms with Gasteiger partial charge in [-0.1, -0.05) is 19.1 Å². The first-order valence-electron chi connectivity index (χ1n) is 5.32. The fourth-order valence-electron chi connectivity index (χ4n) is 1.59. The highest BCUT2D eigenvalue weighted by Crippen LogP contribution is 2.11. The van der Waals surface area contributed by atoms with Crippen molar-refractivity contribution in [1.29, 1.82) is 0 Å². The van der Waals surface area contributed by atoms with E-state index in [9.17, 15) is 4.79 Å². The molecule has 0 aliphatic carbocycles. The topological polar surface area (TPSA) is 89.3 Å². The van der Waals surface area contributed by atoms with Crippen LogP contribution in [0.15, 0.2) is 24.3 Å². The number of hydrogen-bond acceptors (Lipinski definition) is 3. The number of nitrogen functional groups attached to an aromatic ring is 1. The lowest BCUT2D eigenvalue weighted by Crippen LogP contribution is -2.28. The lowest BCUT2D eigenvalue weighted by atomic mass is 9.97. The van der Waals surface area contributed by atoms with Crippen molar-refractivity contribution in [3.8, 4) is 0 Å². The molecule has 2 unspecified atom stereocenters. The van der Waals surface area contributed by atoms with Crippen LogP contribution in [-0.2, 0) is 11.2 Å². The Morgan fingerprint density at radius 2 is 1.94 bits per heavy atom. The van der Waals surface area contributed by atoms with E-state index in [1.54, 1.807) is 6.92 Å². The number of benzene rings is 1. The zero-order valence-corrected chi connectivity index (χ0v) is 9.39. The van der Waals surface area contributed by atoms with Gasteiger partial charge in [-0.2, -0.15) is 0 Å². The van der Waals surface area contributed by atoms with Crippen LogP contribution < -0.4 is 11.5 Å². The largest absolute Gasteiger partial charge is 0.481 e. The van der Waals surface area contributed by atoms with Crippen LogP contribution in [0.3, 0.4) is 0 Å². The Morgan fingerprint density at radius 3 is 2.44 bits per heavy atom. The molecular weight excluding hydrogens is 204 g/mol. The number of nitrogens with two attached hydrogens (primary N) is 2. The monoisotopic (exact) mass is 222 g/mol. The summed E-state index contributed by atoms with van der Waals surface area (Å²) in [5.74, 6) is -1.20. The van der Waals surface area contributed by atoms with Crippen LogP contribution in [0.5, 0.6) is 0 Å². The maximum Gasteiger partial charge on any atom is 0.306 e. The van der Waals surface area contributed by atoms with E-state index >= 15 is 0 Å². The van der Waals surface area contributed by atoms with Gasteiger partial charge in [0.1, 0.15) is 0 Å². The molecule has 0 radical (unpaired) electrons.